The highest BCUT2D eigenvalue weighted by molar-refractivity contribution is 8.12. The Hall–Kier alpha value is -3.36. The van der Waals surface area contributed by atoms with Crippen molar-refractivity contribution in [2.24, 2.45) is 0 Å². The van der Waals surface area contributed by atoms with E-state index >= 15 is 0 Å². The van der Waals surface area contributed by atoms with Crippen molar-refractivity contribution in [2.45, 2.75) is 6.92 Å². The Kier molecular flexibility index (Phi) is 5.69. The zero-order valence-corrected chi connectivity index (χ0v) is 17.5. The normalized spacial score (nSPS) is 10.7. The van der Waals surface area contributed by atoms with Crippen molar-refractivity contribution in [1.29, 1.82) is 0 Å². The van der Waals surface area contributed by atoms with Crippen LogP contribution in [-0.2, 0) is 0 Å². The number of carbonyl (C=O) groups excluding carboxylic acids is 2. The Morgan fingerprint density at radius 2 is 1.80 bits per heavy atom. The number of anilines is 1. The van der Waals surface area contributed by atoms with E-state index in [4.69, 9.17) is 0 Å². The van der Waals surface area contributed by atoms with Crippen molar-refractivity contribution in [1.82, 2.24) is 9.71 Å². The predicted octanol–water partition coefficient (Wildman–Crippen LogP) is 5.59. The van der Waals surface area contributed by atoms with Gasteiger partial charge in [0.05, 0.1) is 15.8 Å². The van der Waals surface area contributed by atoms with Gasteiger partial charge in [0.15, 0.2) is 0 Å². The minimum absolute atomic E-state index is 0.0733. The number of aromatic hydroxyl groups is 1. The summed E-state index contributed by atoms with van der Waals surface area (Å²) in [5, 5.41) is 13.4. The lowest BCUT2D eigenvalue weighted by Crippen LogP contribution is -2.24. The highest BCUT2D eigenvalue weighted by Crippen LogP contribution is 2.36. The molecule has 0 aliphatic rings. The first-order valence-corrected chi connectivity index (χ1v) is 10.7. The van der Waals surface area contributed by atoms with Gasteiger partial charge < -0.3 is 10.4 Å². The van der Waals surface area contributed by atoms with E-state index in [0.29, 0.717) is 21.8 Å². The molecule has 0 atom stereocenters. The van der Waals surface area contributed by atoms with Crippen molar-refractivity contribution in [3.8, 4) is 16.3 Å². The monoisotopic (exact) mass is 435 g/mol. The molecule has 0 unspecified atom stereocenters. The Labute approximate surface area is 181 Å². The molecule has 1 aromatic heterocycles. The predicted molar refractivity (Wildman–Crippen MR) is 122 cm³/mol. The van der Waals surface area contributed by atoms with Gasteiger partial charge in [0.25, 0.3) is 0 Å². The molecule has 2 amide bonds. The van der Waals surface area contributed by atoms with E-state index in [-0.39, 0.29) is 10.9 Å². The molecule has 6 nitrogen and oxygen atoms in total. The summed E-state index contributed by atoms with van der Waals surface area (Å²) < 4.78 is 3.50. The summed E-state index contributed by atoms with van der Waals surface area (Å²) in [6, 6.07) is 19.1. The number of para-hydroxylation sites is 1. The number of phenolic OH excluding ortho intramolecular Hbond substituents is 1. The fraction of sp³-hybridized carbons (Fsp3) is 0.0455. The van der Waals surface area contributed by atoms with Gasteiger partial charge in [-0.15, -0.1) is 11.3 Å². The third kappa shape index (κ3) is 4.29. The van der Waals surface area contributed by atoms with Crippen molar-refractivity contribution >= 4 is 50.3 Å². The first-order valence-electron chi connectivity index (χ1n) is 9.04. The number of benzene rings is 3. The molecule has 4 aromatic rings. The molecule has 0 aliphatic carbocycles. The summed E-state index contributed by atoms with van der Waals surface area (Å²) in [4.78, 5) is 29.1. The van der Waals surface area contributed by atoms with Gasteiger partial charge in [-0.2, -0.15) is 0 Å². The summed E-state index contributed by atoms with van der Waals surface area (Å²) in [6.07, 6.45) is 0. The fourth-order valence-electron chi connectivity index (χ4n) is 2.88. The van der Waals surface area contributed by atoms with Gasteiger partial charge in [0.2, 0.25) is 5.12 Å². The van der Waals surface area contributed by atoms with Gasteiger partial charge in [-0.1, -0.05) is 36.4 Å². The lowest BCUT2D eigenvalue weighted by atomic mass is 10.1. The number of nitrogens with one attached hydrogen (secondary N) is 2. The first-order chi connectivity index (χ1) is 14.5. The molecular formula is C22H17N3O3S2. The van der Waals surface area contributed by atoms with E-state index in [9.17, 15) is 14.7 Å². The molecule has 0 radical (unpaired) electrons. The maximum atomic E-state index is 12.3. The van der Waals surface area contributed by atoms with Crippen LogP contribution >= 0.6 is 23.3 Å². The number of amides is 2. The summed E-state index contributed by atoms with van der Waals surface area (Å²) in [6.45, 7) is 1.84. The number of thiazole rings is 1. The van der Waals surface area contributed by atoms with Gasteiger partial charge in [-0.25, -0.2) is 9.78 Å². The van der Waals surface area contributed by atoms with Gasteiger partial charge >= 0.3 is 6.03 Å². The van der Waals surface area contributed by atoms with E-state index in [0.717, 1.165) is 27.7 Å². The highest BCUT2D eigenvalue weighted by atomic mass is 32.2. The van der Waals surface area contributed by atoms with E-state index in [2.05, 4.69) is 15.0 Å². The van der Waals surface area contributed by atoms with E-state index in [1.165, 1.54) is 17.4 Å². The van der Waals surface area contributed by atoms with E-state index in [1.54, 1.807) is 24.3 Å². The Bertz CT molecular complexity index is 1220. The topological polar surface area (TPSA) is 91.3 Å². The maximum absolute atomic E-state index is 12.3. The maximum Gasteiger partial charge on any atom is 0.329 e. The van der Waals surface area contributed by atoms with E-state index in [1.807, 2.05) is 43.3 Å². The summed E-state index contributed by atoms with van der Waals surface area (Å²) in [5.74, 6) is 0.0733. The number of phenols is 1. The van der Waals surface area contributed by atoms with Crippen LogP contribution in [0.1, 0.15) is 15.9 Å². The SMILES string of the molecule is Cc1ccccc1C(=O)SNC(=O)Nc1ccc(O)c(-c2nc3ccccc3s2)c1. The number of fused-ring (bicyclic) bond motifs is 1. The molecule has 0 spiro atoms. The van der Waals surface area contributed by atoms with Crippen molar-refractivity contribution in [3.63, 3.8) is 0 Å². The van der Waals surface area contributed by atoms with Gasteiger partial charge in [0.1, 0.15) is 10.8 Å². The molecule has 0 saturated carbocycles. The molecule has 4 rings (SSSR count). The quantitative estimate of drug-likeness (QED) is 0.288. The van der Waals surface area contributed by atoms with E-state index < -0.39 is 6.03 Å². The molecule has 0 saturated heterocycles. The molecule has 1 heterocycles. The molecule has 0 bridgehead atoms. The molecule has 3 N–H and O–H groups in total. The summed E-state index contributed by atoms with van der Waals surface area (Å²) in [5.41, 5.74) is 3.24. The van der Waals surface area contributed by atoms with Crippen LogP contribution in [0.25, 0.3) is 20.8 Å². The van der Waals surface area contributed by atoms with Crippen LogP contribution in [0.3, 0.4) is 0 Å². The zero-order valence-electron chi connectivity index (χ0n) is 15.9. The molecule has 30 heavy (non-hydrogen) atoms. The second-order valence-corrected chi connectivity index (χ2v) is 8.29. The Balaban J connectivity index is 1.46. The lowest BCUT2D eigenvalue weighted by Gasteiger charge is -2.09. The van der Waals surface area contributed by atoms with Gasteiger partial charge in [-0.3, -0.25) is 9.52 Å². The number of aryl methyl sites for hydroxylation is 1. The van der Waals surface area contributed by atoms with Crippen LogP contribution in [0.2, 0.25) is 0 Å². The lowest BCUT2D eigenvalue weighted by molar-refractivity contribution is 0.108. The summed E-state index contributed by atoms with van der Waals surface area (Å²) >= 11 is 2.17. The number of carbonyl (C=O) groups is 2. The van der Waals surface area contributed by atoms with Crippen LogP contribution in [0.4, 0.5) is 10.5 Å². The number of hydrogen-bond donors (Lipinski definition) is 3. The first kappa shape index (κ1) is 19.9. The molecule has 8 heteroatoms. The standard InChI is InChI=1S/C22H17N3O3S2/c1-13-6-2-3-7-15(13)21(27)30-25-22(28)23-14-10-11-18(26)16(12-14)20-24-17-8-4-5-9-19(17)29-20/h2-12,26H,1H3,(H2,23,25,28). The average Bonchev–Trinajstić information content (AvgIpc) is 3.18. The number of hydrogen-bond acceptors (Lipinski definition) is 6. The van der Waals surface area contributed by atoms with Crippen LogP contribution in [-0.4, -0.2) is 21.2 Å². The second-order valence-electron chi connectivity index (χ2n) is 6.48. The van der Waals surface area contributed by atoms with Gasteiger partial charge in [0, 0.05) is 23.2 Å². The van der Waals surface area contributed by atoms with Crippen LogP contribution in [0.15, 0.2) is 66.7 Å². The second kappa shape index (κ2) is 8.56. The molecule has 0 fully saturated rings. The van der Waals surface area contributed by atoms with Crippen LogP contribution < -0.4 is 10.0 Å². The van der Waals surface area contributed by atoms with Crippen molar-refractivity contribution in [3.05, 3.63) is 77.9 Å². The summed E-state index contributed by atoms with van der Waals surface area (Å²) in [7, 11) is 0. The molecule has 0 aliphatic heterocycles. The number of rotatable bonds is 3. The van der Waals surface area contributed by atoms with Crippen LogP contribution in [0.5, 0.6) is 5.75 Å². The average molecular weight is 436 g/mol. The minimum Gasteiger partial charge on any atom is -0.507 e. The largest absolute Gasteiger partial charge is 0.507 e. The number of urea groups is 1. The van der Waals surface area contributed by atoms with Crippen molar-refractivity contribution in [2.75, 3.05) is 5.32 Å². The molecule has 150 valence electrons. The third-order valence-corrected chi connectivity index (χ3v) is 6.14. The molecule has 3 aromatic carbocycles. The Morgan fingerprint density at radius 1 is 1.03 bits per heavy atom. The highest BCUT2D eigenvalue weighted by Gasteiger charge is 2.14. The zero-order chi connectivity index (χ0) is 21.1. The van der Waals surface area contributed by atoms with Crippen molar-refractivity contribution < 1.29 is 14.7 Å². The molecular weight excluding hydrogens is 418 g/mol. The van der Waals surface area contributed by atoms with Crippen LogP contribution in [0, 0.1) is 6.92 Å². The fourth-order valence-corrected chi connectivity index (χ4v) is 4.44. The smallest absolute Gasteiger partial charge is 0.329 e. The Morgan fingerprint density at radius 3 is 2.60 bits per heavy atom. The minimum atomic E-state index is -0.539. The third-order valence-electron chi connectivity index (χ3n) is 4.38. The number of aromatic nitrogens is 1. The van der Waals surface area contributed by atoms with Gasteiger partial charge in [-0.05, 0) is 42.8 Å². The number of nitrogens with zero attached hydrogens (tertiary/aromatic N) is 1.